The second-order valence-corrected chi connectivity index (χ2v) is 11.2. The van der Waals surface area contributed by atoms with Gasteiger partial charge in [-0.3, -0.25) is 0 Å². The molecule has 0 amide bonds. The van der Waals surface area contributed by atoms with Gasteiger partial charge in [0, 0.05) is 26.8 Å². The number of halogens is 2. The Morgan fingerprint density at radius 1 is 1.05 bits per heavy atom. The van der Waals surface area contributed by atoms with E-state index in [0.29, 0.717) is 46.9 Å². The van der Waals surface area contributed by atoms with Crippen LogP contribution in [0.5, 0.6) is 5.75 Å². The number of hydrogen-bond donors (Lipinski definition) is 1. The Bertz CT molecular complexity index is 1530. The Kier molecular flexibility index (Phi) is 7.40. The van der Waals surface area contributed by atoms with E-state index in [9.17, 15) is 9.18 Å². The fraction of sp³-hybridized carbons (Fsp3) is 0.367. The summed E-state index contributed by atoms with van der Waals surface area (Å²) in [5.41, 5.74) is 1.45. The molecule has 1 saturated heterocycles. The highest BCUT2D eigenvalue weighted by molar-refractivity contribution is 6.68. The van der Waals surface area contributed by atoms with Gasteiger partial charge in [0.05, 0.1) is 24.4 Å². The first-order valence-electron chi connectivity index (χ1n) is 13.2. The van der Waals surface area contributed by atoms with Gasteiger partial charge in [0.2, 0.25) is 0 Å². The van der Waals surface area contributed by atoms with E-state index in [2.05, 4.69) is 4.98 Å². The molecule has 39 heavy (non-hydrogen) atoms. The zero-order valence-corrected chi connectivity index (χ0v) is 23.6. The van der Waals surface area contributed by atoms with E-state index in [1.165, 1.54) is 12.1 Å². The van der Waals surface area contributed by atoms with Gasteiger partial charge in [-0.25, -0.2) is 9.18 Å². The number of H-pyrrole nitrogens is 1. The third-order valence-electron chi connectivity index (χ3n) is 7.67. The van der Waals surface area contributed by atoms with Crippen LogP contribution in [0.3, 0.4) is 0 Å². The standard InChI is InChI=1S/C30H32BClFNO5/c1-6-36-28(35)27-21(10-8-16-37-24-11-7-9-18-17-19(33)12-13-20(18)24)22-14-15-23(32)25(26(22)34-27)31-38-29(2,3)30(4,5)39-31/h7,9,11-15,17,34H,6,8,10,16H2,1-5H3. The first-order valence-corrected chi connectivity index (χ1v) is 13.6. The summed E-state index contributed by atoms with van der Waals surface area (Å²) in [5, 5.41) is 2.97. The molecule has 0 aliphatic carbocycles. The number of fused-ring (bicyclic) bond motifs is 2. The zero-order valence-electron chi connectivity index (χ0n) is 22.8. The average molecular weight is 552 g/mol. The first kappa shape index (κ1) is 27.5. The van der Waals surface area contributed by atoms with Crippen molar-refractivity contribution in [3.05, 3.63) is 70.6 Å². The molecule has 0 unspecified atom stereocenters. The summed E-state index contributed by atoms with van der Waals surface area (Å²) in [6, 6.07) is 13.9. The number of ether oxygens (including phenoxy) is 2. The summed E-state index contributed by atoms with van der Waals surface area (Å²) >= 11 is 6.68. The van der Waals surface area contributed by atoms with Crippen molar-refractivity contribution >= 4 is 51.8 Å². The van der Waals surface area contributed by atoms with E-state index in [1.54, 1.807) is 13.0 Å². The van der Waals surface area contributed by atoms with Crippen molar-refractivity contribution in [2.45, 2.75) is 58.7 Å². The molecule has 9 heteroatoms. The van der Waals surface area contributed by atoms with Gasteiger partial charge in [-0.1, -0.05) is 29.8 Å². The fourth-order valence-corrected chi connectivity index (χ4v) is 5.17. The van der Waals surface area contributed by atoms with Gasteiger partial charge >= 0.3 is 13.1 Å². The van der Waals surface area contributed by atoms with E-state index in [1.807, 2.05) is 58.0 Å². The number of hydrogen-bond acceptors (Lipinski definition) is 5. The van der Waals surface area contributed by atoms with Crippen LogP contribution in [0.15, 0.2) is 48.5 Å². The maximum atomic E-state index is 13.6. The largest absolute Gasteiger partial charge is 0.498 e. The molecular formula is C30H32BClFNO5. The van der Waals surface area contributed by atoms with Gasteiger partial charge in [0.15, 0.2) is 0 Å². The highest BCUT2D eigenvalue weighted by atomic mass is 35.5. The van der Waals surface area contributed by atoms with Crippen LogP contribution in [-0.2, 0) is 20.5 Å². The Labute approximate surface area is 232 Å². The Morgan fingerprint density at radius 3 is 2.49 bits per heavy atom. The maximum absolute atomic E-state index is 13.6. The molecular weight excluding hydrogens is 520 g/mol. The Morgan fingerprint density at radius 2 is 1.77 bits per heavy atom. The second kappa shape index (κ2) is 10.5. The quantitative estimate of drug-likeness (QED) is 0.152. The number of carbonyl (C=O) groups is 1. The molecule has 1 N–H and O–H groups in total. The van der Waals surface area contributed by atoms with Crippen LogP contribution < -0.4 is 10.2 Å². The van der Waals surface area contributed by atoms with Crippen LogP contribution in [0.4, 0.5) is 4.39 Å². The topological polar surface area (TPSA) is 69.8 Å². The van der Waals surface area contributed by atoms with E-state index in [0.717, 1.165) is 21.7 Å². The second-order valence-electron chi connectivity index (χ2n) is 10.7. The predicted octanol–water partition coefficient (Wildman–Crippen LogP) is 6.60. The predicted molar refractivity (Wildman–Crippen MR) is 153 cm³/mol. The summed E-state index contributed by atoms with van der Waals surface area (Å²) in [6.07, 6.45) is 1.18. The lowest BCUT2D eigenvalue weighted by Crippen LogP contribution is -2.41. The number of benzene rings is 3. The molecule has 6 nitrogen and oxygen atoms in total. The van der Waals surface area contributed by atoms with Crippen LogP contribution in [0.2, 0.25) is 5.02 Å². The van der Waals surface area contributed by atoms with Gasteiger partial charge in [-0.15, -0.1) is 0 Å². The van der Waals surface area contributed by atoms with E-state index in [-0.39, 0.29) is 12.4 Å². The molecule has 0 spiro atoms. The third-order valence-corrected chi connectivity index (χ3v) is 8.00. The van der Waals surface area contributed by atoms with Gasteiger partial charge < -0.3 is 23.8 Å². The summed E-state index contributed by atoms with van der Waals surface area (Å²) in [7, 11) is -0.702. The number of aromatic amines is 1. The molecule has 0 radical (unpaired) electrons. The number of aromatic nitrogens is 1. The first-order chi connectivity index (χ1) is 18.5. The smallest absolute Gasteiger partial charge is 0.493 e. The van der Waals surface area contributed by atoms with Crippen molar-refractivity contribution in [1.82, 2.24) is 4.98 Å². The monoisotopic (exact) mass is 551 g/mol. The summed E-state index contributed by atoms with van der Waals surface area (Å²) < 4.78 is 37.7. The summed E-state index contributed by atoms with van der Waals surface area (Å²) in [4.78, 5) is 16.3. The summed E-state index contributed by atoms with van der Waals surface area (Å²) in [5.74, 6) is -0.0333. The van der Waals surface area contributed by atoms with Crippen molar-refractivity contribution in [2.75, 3.05) is 13.2 Å². The minimum Gasteiger partial charge on any atom is -0.493 e. The minimum atomic E-state index is -0.702. The van der Waals surface area contributed by atoms with E-state index in [4.69, 9.17) is 30.4 Å². The van der Waals surface area contributed by atoms with E-state index < -0.39 is 24.3 Å². The molecule has 4 aromatic rings. The highest BCUT2D eigenvalue weighted by Crippen LogP contribution is 2.38. The van der Waals surface area contributed by atoms with Crippen molar-refractivity contribution in [3.8, 4) is 5.75 Å². The maximum Gasteiger partial charge on any atom is 0.498 e. The minimum absolute atomic E-state index is 0.253. The van der Waals surface area contributed by atoms with Gasteiger partial charge in [-0.2, -0.15) is 0 Å². The Balaban J connectivity index is 1.44. The van der Waals surface area contributed by atoms with Crippen LogP contribution in [-0.4, -0.2) is 42.5 Å². The molecule has 2 heterocycles. The van der Waals surface area contributed by atoms with E-state index >= 15 is 0 Å². The summed E-state index contributed by atoms with van der Waals surface area (Å²) in [6.45, 7) is 10.4. The lowest BCUT2D eigenvalue weighted by molar-refractivity contribution is 0.00578. The number of rotatable bonds is 8. The lowest BCUT2D eigenvalue weighted by atomic mass is 9.77. The molecule has 1 aliphatic rings. The number of nitrogens with one attached hydrogen (secondary N) is 1. The zero-order chi connectivity index (χ0) is 27.9. The van der Waals surface area contributed by atoms with Gasteiger partial charge in [-0.05, 0) is 88.7 Å². The lowest BCUT2D eigenvalue weighted by Gasteiger charge is -2.32. The molecule has 0 bridgehead atoms. The van der Waals surface area contributed by atoms with Crippen molar-refractivity contribution < 1.29 is 28.0 Å². The molecule has 204 valence electrons. The van der Waals surface area contributed by atoms with Crippen molar-refractivity contribution in [1.29, 1.82) is 0 Å². The van der Waals surface area contributed by atoms with Gasteiger partial charge in [0.1, 0.15) is 17.3 Å². The number of aryl methyl sites for hydroxylation is 1. The SMILES string of the molecule is CCOC(=O)c1[nH]c2c(B3OC(C)(C)C(C)(C)O3)c(Cl)ccc2c1CCCOc1cccc2cc(F)ccc12. The van der Waals surface area contributed by atoms with Crippen LogP contribution in [0.25, 0.3) is 21.7 Å². The molecule has 3 aromatic carbocycles. The number of carbonyl (C=O) groups excluding carboxylic acids is 1. The van der Waals surface area contributed by atoms with Crippen LogP contribution >= 0.6 is 11.6 Å². The molecule has 1 aliphatic heterocycles. The highest BCUT2D eigenvalue weighted by Gasteiger charge is 2.53. The van der Waals surface area contributed by atoms with Crippen molar-refractivity contribution in [3.63, 3.8) is 0 Å². The molecule has 1 aromatic heterocycles. The van der Waals surface area contributed by atoms with Crippen LogP contribution in [0.1, 0.15) is 57.1 Å². The molecule has 0 atom stereocenters. The normalized spacial score (nSPS) is 16.2. The fourth-order valence-electron chi connectivity index (χ4n) is 4.93. The van der Waals surface area contributed by atoms with Crippen LogP contribution in [0, 0.1) is 5.82 Å². The number of esters is 1. The average Bonchev–Trinajstić information content (AvgIpc) is 3.34. The van der Waals surface area contributed by atoms with Gasteiger partial charge in [0.25, 0.3) is 0 Å². The molecule has 1 fully saturated rings. The Hall–Kier alpha value is -3.07. The molecule has 0 saturated carbocycles. The van der Waals surface area contributed by atoms with Crippen molar-refractivity contribution in [2.24, 2.45) is 0 Å². The molecule has 5 rings (SSSR count). The third kappa shape index (κ3) is 5.13.